The molecule has 74 valence electrons. The third-order valence-electron chi connectivity index (χ3n) is 1.88. The van der Waals surface area contributed by atoms with Gasteiger partial charge >= 0.3 is 0 Å². The van der Waals surface area contributed by atoms with Gasteiger partial charge in [0.25, 0.3) is 0 Å². The van der Waals surface area contributed by atoms with E-state index in [2.05, 4.69) is 0 Å². The van der Waals surface area contributed by atoms with E-state index in [0.717, 1.165) is 0 Å². The number of amides is 1. The molecule has 0 aromatic heterocycles. The molecule has 0 aliphatic carbocycles. The molecule has 1 heterocycles. The fraction of sp³-hybridized carbons (Fsp3) is 0.778. The van der Waals surface area contributed by atoms with Crippen LogP contribution in [0.5, 0.6) is 0 Å². The van der Waals surface area contributed by atoms with Crippen LogP contribution in [0.15, 0.2) is 0 Å². The molecule has 0 aromatic rings. The molecule has 1 amide bonds. The van der Waals surface area contributed by atoms with Gasteiger partial charge in [0.05, 0.1) is 25.7 Å². The summed E-state index contributed by atoms with van der Waals surface area (Å²) in [6.45, 7) is 5.19. The molecule has 1 aliphatic heterocycles. The van der Waals surface area contributed by atoms with Crippen molar-refractivity contribution in [3.8, 4) is 0 Å². The summed E-state index contributed by atoms with van der Waals surface area (Å²) in [5, 5.41) is 0. The summed E-state index contributed by atoms with van der Waals surface area (Å²) in [5.74, 6) is -0.0631. The minimum absolute atomic E-state index is 0.00884. The highest BCUT2D eigenvalue weighted by atomic mass is 16.5. The van der Waals surface area contributed by atoms with Gasteiger partial charge in [-0.25, -0.2) is 0 Å². The molecule has 1 fully saturated rings. The van der Waals surface area contributed by atoms with E-state index in [0.29, 0.717) is 13.2 Å². The summed E-state index contributed by atoms with van der Waals surface area (Å²) in [6, 6.07) is 0. The van der Waals surface area contributed by atoms with Crippen LogP contribution in [-0.4, -0.2) is 42.4 Å². The van der Waals surface area contributed by atoms with E-state index in [1.165, 1.54) is 0 Å². The lowest BCUT2D eigenvalue weighted by Crippen LogP contribution is -2.29. The molecular weight excluding hydrogens is 170 g/mol. The maximum atomic E-state index is 11.1. The number of carbonyl (C=O) groups excluding carboxylic acids is 2. The maximum Gasteiger partial charge on any atom is 0.230 e. The van der Waals surface area contributed by atoms with Crippen LogP contribution in [0.2, 0.25) is 0 Å². The van der Waals surface area contributed by atoms with Gasteiger partial charge in [0.1, 0.15) is 0 Å². The number of ether oxygens (including phenoxy) is 1. The first kappa shape index (κ1) is 10.2. The first-order valence-corrected chi connectivity index (χ1v) is 4.50. The van der Waals surface area contributed by atoms with Gasteiger partial charge in [0.15, 0.2) is 5.78 Å². The van der Waals surface area contributed by atoms with Gasteiger partial charge in [-0.05, 0) is 13.8 Å². The molecule has 0 aromatic carbocycles. The van der Waals surface area contributed by atoms with Crippen molar-refractivity contribution in [2.75, 3.05) is 19.7 Å². The van der Waals surface area contributed by atoms with Crippen LogP contribution >= 0.6 is 0 Å². The summed E-state index contributed by atoms with van der Waals surface area (Å²) in [5.41, 5.74) is 0. The van der Waals surface area contributed by atoms with Crippen LogP contribution in [0.3, 0.4) is 0 Å². The van der Waals surface area contributed by atoms with Crippen molar-refractivity contribution in [2.45, 2.75) is 26.4 Å². The fourth-order valence-electron chi connectivity index (χ4n) is 1.24. The number of hydrogen-bond acceptors (Lipinski definition) is 3. The molecule has 0 saturated carbocycles. The third kappa shape index (κ3) is 3.14. The Bertz CT molecular complexity index is 213. The van der Waals surface area contributed by atoms with Gasteiger partial charge in [-0.15, -0.1) is 0 Å². The zero-order valence-electron chi connectivity index (χ0n) is 8.08. The lowest BCUT2D eigenvalue weighted by Gasteiger charge is -2.15. The van der Waals surface area contributed by atoms with Crippen LogP contribution in [0.4, 0.5) is 0 Å². The number of carbonyl (C=O) groups is 2. The summed E-state index contributed by atoms with van der Waals surface area (Å²) in [7, 11) is 0. The topological polar surface area (TPSA) is 46.6 Å². The predicted octanol–water partition coefficient (Wildman–Crippen LogP) is 0.213. The average Bonchev–Trinajstić information content (AvgIpc) is 2.29. The van der Waals surface area contributed by atoms with Gasteiger partial charge in [0, 0.05) is 6.54 Å². The second-order valence-corrected chi connectivity index (χ2v) is 3.45. The van der Waals surface area contributed by atoms with E-state index in [1.807, 2.05) is 13.8 Å². The van der Waals surface area contributed by atoms with Crippen molar-refractivity contribution in [1.82, 2.24) is 4.90 Å². The first-order valence-electron chi connectivity index (χ1n) is 4.50. The molecule has 1 saturated heterocycles. The number of ketones is 1. The number of Topliss-reactive ketones (excluding diaryl/α,β-unsaturated/α-hetero) is 1. The van der Waals surface area contributed by atoms with Gasteiger partial charge < -0.3 is 9.64 Å². The third-order valence-corrected chi connectivity index (χ3v) is 1.88. The quantitative estimate of drug-likeness (QED) is 0.588. The Labute approximate surface area is 77.8 Å². The van der Waals surface area contributed by atoms with E-state index in [9.17, 15) is 9.59 Å². The van der Waals surface area contributed by atoms with Crippen LogP contribution < -0.4 is 0 Å². The first-order chi connectivity index (χ1) is 6.09. The zero-order chi connectivity index (χ0) is 9.84. The lowest BCUT2D eigenvalue weighted by molar-refractivity contribution is -0.128. The summed E-state index contributed by atoms with van der Waals surface area (Å²) in [4.78, 5) is 23.5. The second-order valence-electron chi connectivity index (χ2n) is 3.45. The fourth-order valence-corrected chi connectivity index (χ4v) is 1.24. The van der Waals surface area contributed by atoms with Gasteiger partial charge in [-0.3, -0.25) is 9.59 Å². The Hall–Kier alpha value is -0.900. The largest absolute Gasteiger partial charge is 0.377 e. The molecule has 0 unspecified atom stereocenters. The number of likely N-dealkylation sites (tertiary alicyclic amines) is 1. The Morgan fingerprint density at radius 2 is 2.15 bits per heavy atom. The Balaban J connectivity index is 2.22. The minimum atomic E-state index is -0.0719. The molecule has 0 N–H and O–H groups in total. The minimum Gasteiger partial charge on any atom is -0.377 e. The van der Waals surface area contributed by atoms with Gasteiger partial charge in [-0.2, -0.15) is 0 Å². The van der Waals surface area contributed by atoms with Gasteiger partial charge in [0.2, 0.25) is 5.91 Å². The van der Waals surface area contributed by atoms with E-state index in [-0.39, 0.29) is 30.8 Å². The second kappa shape index (κ2) is 4.37. The highest BCUT2D eigenvalue weighted by Gasteiger charge is 2.26. The number of hydrogen-bond donors (Lipinski definition) is 0. The molecule has 0 spiro atoms. The number of rotatable bonds is 4. The summed E-state index contributed by atoms with van der Waals surface area (Å²) in [6.07, 6.45) is 0.246. The van der Waals surface area contributed by atoms with Crippen molar-refractivity contribution < 1.29 is 14.3 Å². The Morgan fingerprint density at radius 1 is 1.46 bits per heavy atom. The van der Waals surface area contributed by atoms with Crippen molar-refractivity contribution in [3.05, 3.63) is 0 Å². The van der Waals surface area contributed by atoms with Crippen molar-refractivity contribution in [1.29, 1.82) is 0 Å². The summed E-state index contributed by atoms with van der Waals surface area (Å²) < 4.78 is 5.28. The molecule has 4 nitrogen and oxygen atoms in total. The van der Waals surface area contributed by atoms with Crippen LogP contribution in [-0.2, 0) is 14.3 Å². The highest BCUT2D eigenvalue weighted by Crippen LogP contribution is 2.05. The standard InChI is InChI=1S/C9H15NO3/c1-7(2)13-4-3-10-6-8(11)5-9(10)12/h7H,3-6H2,1-2H3. The molecule has 13 heavy (non-hydrogen) atoms. The highest BCUT2D eigenvalue weighted by molar-refractivity contribution is 6.05. The van der Waals surface area contributed by atoms with E-state index in [1.54, 1.807) is 4.90 Å². The maximum absolute atomic E-state index is 11.1. The zero-order valence-corrected chi connectivity index (χ0v) is 8.08. The Kier molecular flexibility index (Phi) is 3.42. The molecule has 0 radical (unpaired) electrons. The van der Waals surface area contributed by atoms with E-state index in [4.69, 9.17) is 4.74 Å². The van der Waals surface area contributed by atoms with Crippen LogP contribution in [0.25, 0.3) is 0 Å². The van der Waals surface area contributed by atoms with Gasteiger partial charge in [-0.1, -0.05) is 0 Å². The van der Waals surface area contributed by atoms with E-state index < -0.39 is 0 Å². The summed E-state index contributed by atoms with van der Waals surface area (Å²) >= 11 is 0. The monoisotopic (exact) mass is 185 g/mol. The van der Waals surface area contributed by atoms with Crippen LogP contribution in [0.1, 0.15) is 20.3 Å². The normalized spacial score (nSPS) is 17.6. The number of nitrogens with zero attached hydrogens (tertiary/aromatic N) is 1. The SMILES string of the molecule is CC(C)OCCN1CC(=O)CC1=O. The molecule has 1 rings (SSSR count). The molecule has 4 heteroatoms. The molecule has 0 bridgehead atoms. The molecule has 1 aliphatic rings. The van der Waals surface area contributed by atoms with Crippen molar-refractivity contribution in [2.24, 2.45) is 0 Å². The molecule has 0 atom stereocenters. The van der Waals surface area contributed by atoms with Crippen molar-refractivity contribution in [3.63, 3.8) is 0 Å². The predicted molar refractivity (Wildman–Crippen MR) is 47.3 cm³/mol. The average molecular weight is 185 g/mol. The van der Waals surface area contributed by atoms with Crippen LogP contribution in [0, 0.1) is 0 Å². The van der Waals surface area contributed by atoms with E-state index >= 15 is 0 Å². The molecular formula is C9H15NO3. The Morgan fingerprint density at radius 3 is 2.62 bits per heavy atom. The smallest absolute Gasteiger partial charge is 0.230 e. The van der Waals surface area contributed by atoms with Crippen molar-refractivity contribution >= 4 is 11.7 Å². The lowest BCUT2D eigenvalue weighted by atomic mass is 10.3.